The standard InChI is InChI=1S/C17H15BrClN3S/c18-15-8-7-14(23-15)16-13-6-1-2-9-20-17(13)22(21-16)12-5-3-4-11(19)10-12/h3-5,7-8,10,20H,1-2,6,9H2. The minimum atomic E-state index is 0.723. The zero-order valence-electron chi connectivity index (χ0n) is 12.4. The first-order valence-corrected chi connectivity index (χ1v) is 9.58. The smallest absolute Gasteiger partial charge is 0.133 e. The van der Waals surface area contributed by atoms with E-state index in [2.05, 4.69) is 33.4 Å². The van der Waals surface area contributed by atoms with Crippen LogP contribution in [0.25, 0.3) is 16.3 Å². The quantitative estimate of drug-likeness (QED) is 0.584. The Morgan fingerprint density at radius 2 is 2.13 bits per heavy atom. The molecule has 6 heteroatoms. The summed E-state index contributed by atoms with van der Waals surface area (Å²) in [6.07, 6.45) is 3.41. The average Bonchev–Trinajstić information content (AvgIpc) is 3.03. The zero-order valence-corrected chi connectivity index (χ0v) is 15.5. The van der Waals surface area contributed by atoms with Crippen molar-refractivity contribution in [3.05, 3.63) is 50.8 Å². The number of fused-ring (bicyclic) bond motifs is 1. The van der Waals surface area contributed by atoms with Crippen LogP contribution in [0.5, 0.6) is 0 Å². The second-order valence-corrected chi connectivity index (χ2v) is 8.45. The van der Waals surface area contributed by atoms with Gasteiger partial charge in [0.2, 0.25) is 0 Å². The summed E-state index contributed by atoms with van der Waals surface area (Å²) in [5, 5.41) is 9.20. The molecule has 0 fully saturated rings. The molecule has 118 valence electrons. The summed E-state index contributed by atoms with van der Waals surface area (Å²) >= 11 is 11.4. The highest BCUT2D eigenvalue weighted by Gasteiger charge is 2.22. The summed E-state index contributed by atoms with van der Waals surface area (Å²) in [5.74, 6) is 1.10. The molecule has 0 spiro atoms. The number of benzene rings is 1. The molecule has 0 radical (unpaired) electrons. The van der Waals surface area contributed by atoms with Crippen molar-refractivity contribution in [3.63, 3.8) is 0 Å². The molecule has 2 aromatic heterocycles. The van der Waals surface area contributed by atoms with Crippen LogP contribution < -0.4 is 5.32 Å². The Balaban J connectivity index is 1.91. The average molecular weight is 409 g/mol. The van der Waals surface area contributed by atoms with Gasteiger partial charge in [-0.2, -0.15) is 5.10 Å². The van der Waals surface area contributed by atoms with E-state index in [0.29, 0.717) is 0 Å². The van der Waals surface area contributed by atoms with Gasteiger partial charge in [0, 0.05) is 17.1 Å². The van der Waals surface area contributed by atoms with E-state index < -0.39 is 0 Å². The van der Waals surface area contributed by atoms with Crippen molar-refractivity contribution in [2.45, 2.75) is 19.3 Å². The van der Waals surface area contributed by atoms with Gasteiger partial charge in [0.05, 0.1) is 14.4 Å². The number of nitrogens with one attached hydrogen (secondary N) is 1. The van der Waals surface area contributed by atoms with E-state index in [0.717, 1.165) is 39.0 Å². The van der Waals surface area contributed by atoms with E-state index in [9.17, 15) is 0 Å². The van der Waals surface area contributed by atoms with Gasteiger partial charge in [-0.1, -0.05) is 17.7 Å². The maximum Gasteiger partial charge on any atom is 0.133 e. The number of hydrogen-bond donors (Lipinski definition) is 1. The highest BCUT2D eigenvalue weighted by Crippen LogP contribution is 2.38. The first kappa shape index (κ1) is 15.2. The fourth-order valence-electron chi connectivity index (χ4n) is 2.94. The lowest BCUT2D eigenvalue weighted by Gasteiger charge is -2.09. The molecule has 1 N–H and O–H groups in total. The molecular weight excluding hydrogens is 394 g/mol. The van der Waals surface area contributed by atoms with Crippen molar-refractivity contribution in [3.8, 4) is 16.3 Å². The third kappa shape index (κ3) is 2.93. The second-order valence-electron chi connectivity index (χ2n) is 5.56. The summed E-state index contributed by atoms with van der Waals surface area (Å²) in [6.45, 7) is 0.979. The number of hydrogen-bond acceptors (Lipinski definition) is 3. The van der Waals surface area contributed by atoms with E-state index in [1.165, 1.54) is 23.3 Å². The molecular formula is C17H15BrClN3S. The molecule has 1 aliphatic rings. The van der Waals surface area contributed by atoms with Crippen LogP contribution in [-0.4, -0.2) is 16.3 Å². The number of anilines is 1. The molecule has 1 aromatic carbocycles. The Kier molecular flexibility index (Phi) is 4.18. The third-order valence-corrected chi connectivity index (χ3v) is 5.85. The van der Waals surface area contributed by atoms with Gasteiger partial charge in [0.1, 0.15) is 11.5 Å². The van der Waals surface area contributed by atoms with Crippen molar-refractivity contribution in [2.75, 3.05) is 11.9 Å². The molecule has 1 aliphatic heterocycles. The van der Waals surface area contributed by atoms with Crippen molar-refractivity contribution in [1.29, 1.82) is 0 Å². The molecule has 3 nitrogen and oxygen atoms in total. The topological polar surface area (TPSA) is 29.9 Å². The van der Waals surface area contributed by atoms with Crippen LogP contribution >= 0.6 is 38.9 Å². The van der Waals surface area contributed by atoms with Crippen LogP contribution in [0.1, 0.15) is 18.4 Å². The van der Waals surface area contributed by atoms with Crippen LogP contribution in [0, 0.1) is 0 Å². The van der Waals surface area contributed by atoms with E-state index in [4.69, 9.17) is 16.7 Å². The minimum absolute atomic E-state index is 0.723. The largest absolute Gasteiger partial charge is 0.370 e. The van der Waals surface area contributed by atoms with E-state index in [1.54, 1.807) is 11.3 Å². The van der Waals surface area contributed by atoms with Crippen LogP contribution in [0.4, 0.5) is 5.82 Å². The van der Waals surface area contributed by atoms with Crippen LogP contribution in [0.2, 0.25) is 5.02 Å². The van der Waals surface area contributed by atoms with Gasteiger partial charge in [0.25, 0.3) is 0 Å². The number of halogens is 2. The molecule has 0 saturated carbocycles. The predicted molar refractivity (Wildman–Crippen MR) is 101 cm³/mol. The Hall–Kier alpha value is -1.30. The van der Waals surface area contributed by atoms with Gasteiger partial charge in [-0.15, -0.1) is 11.3 Å². The number of aromatic nitrogens is 2. The number of thiophene rings is 1. The Morgan fingerprint density at radius 1 is 1.22 bits per heavy atom. The molecule has 0 amide bonds. The Labute approximate surface area is 152 Å². The van der Waals surface area contributed by atoms with Gasteiger partial charge in [-0.3, -0.25) is 0 Å². The SMILES string of the molecule is Clc1cccc(-n2nc(-c3ccc(Br)s3)c3c2NCCCC3)c1. The summed E-state index contributed by atoms with van der Waals surface area (Å²) in [4.78, 5) is 1.19. The first-order chi connectivity index (χ1) is 11.2. The summed E-state index contributed by atoms with van der Waals surface area (Å²) in [7, 11) is 0. The van der Waals surface area contributed by atoms with Crippen molar-refractivity contribution in [1.82, 2.24) is 9.78 Å². The minimum Gasteiger partial charge on any atom is -0.370 e. The Bertz CT molecular complexity index is 855. The van der Waals surface area contributed by atoms with E-state index in [1.807, 2.05) is 28.9 Å². The van der Waals surface area contributed by atoms with Gasteiger partial charge < -0.3 is 5.32 Å². The molecule has 0 unspecified atom stereocenters. The fourth-order valence-corrected chi connectivity index (χ4v) is 4.52. The highest BCUT2D eigenvalue weighted by molar-refractivity contribution is 9.11. The molecule has 3 aromatic rings. The monoisotopic (exact) mass is 407 g/mol. The molecule has 0 atom stereocenters. The van der Waals surface area contributed by atoms with Gasteiger partial charge >= 0.3 is 0 Å². The molecule has 3 heterocycles. The van der Waals surface area contributed by atoms with Gasteiger partial charge in [-0.05, 0) is 65.5 Å². The third-order valence-electron chi connectivity index (χ3n) is 3.99. The number of nitrogens with zero attached hydrogens (tertiary/aromatic N) is 2. The van der Waals surface area contributed by atoms with Crippen molar-refractivity contribution in [2.24, 2.45) is 0 Å². The molecule has 4 rings (SSSR count). The maximum absolute atomic E-state index is 6.17. The normalized spacial score (nSPS) is 14.2. The highest BCUT2D eigenvalue weighted by atomic mass is 79.9. The zero-order chi connectivity index (χ0) is 15.8. The van der Waals surface area contributed by atoms with Crippen molar-refractivity contribution < 1.29 is 0 Å². The fraction of sp³-hybridized carbons (Fsp3) is 0.235. The summed E-state index contributed by atoms with van der Waals surface area (Å²) in [6, 6.07) is 12.1. The lowest BCUT2D eigenvalue weighted by Crippen LogP contribution is -2.07. The lowest BCUT2D eigenvalue weighted by atomic mass is 10.1. The van der Waals surface area contributed by atoms with Crippen molar-refractivity contribution >= 4 is 44.7 Å². The maximum atomic E-state index is 6.17. The molecule has 0 bridgehead atoms. The lowest BCUT2D eigenvalue weighted by molar-refractivity contribution is 0.780. The van der Waals surface area contributed by atoms with Gasteiger partial charge in [-0.25, -0.2) is 4.68 Å². The van der Waals surface area contributed by atoms with Crippen LogP contribution in [0.3, 0.4) is 0 Å². The summed E-state index contributed by atoms with van der Waals surface area (Å²) < 4.78 is 3.12. The van der Waals surface area contributed by atoms with Crippen LogP contribution in [0.15, 0.2) is 40.2 Å². The number of rotatable bonds is 2. The molecule has 23 heavy (non-hydrogen) atoms. The van der Waals surface area contributed by atoms with E-state index in [-0.39, 0.29) is 0 Å². The van der Waals surface area contributed by atoms with Crippen LogP contribution in [-0.2, 0) is 6.42 Å². The van der Waals surface area contributed by atoms with Gasteiger partial charge in [0.15, 0.2) is 0 Å². The molecule has 0 saturated heterocycles. The first-order valence-electron chi connectivity index (χ1n) is 7.60. The molecule has 0 aliphatic carbocycles. The second kappa shape index (κ2) is 6.30. The summed E-state index contributed by atoms with van der Waals surface area (Å²) in [5.41, 5.74) is 3.37. The predicted octanol–water partition coefficient (Wildman–Crippen LogP) is 5.76. The van der Waals surface area contributed by atoms with E-state index >= 15 is 0 Å². The Morgan fingerprint density at radius 3 is 2.91 bits per heavy atom.